The van der Waals surface area contributed by atoms with Crippen LogP contribution < -0.4 is 0 Å². The van der Waals surface area contributed by atoms with E-state index in [1.165, 1.54) is 4.90 Å². The van der Waals surface area contributed by atoms with Gasteiger partial charge in [0.05, 0.1) is 0 Å². The highest BCUT2D eigenvalue weighted by Crippen LogP contribution is 2.38. The number of hydrogen-bond acceptors (Lipinski definition) is 5. The molecule has 1 aromatic heterocycles. The smallest absolute Gasteiger partial charge is 0.327 e. The van der Waals surface area contributed by atoms with Crippen molar-refractivity contribution in [1.29, 1.82) is 0 Å². The van der Waals surface area contributed by atoms with E-state index in [9.17, 15) is 14.4 Å². The molecule has 8 heteroatoms. The predicted octanol–water partition coefficient (Wildman–Crippen LogP) is 1.36. The fourth-order valence-corrected chi connectivity index (χ4v) is 4.07. The van der Waals surface area contributed by atoms with E-state index in [2.05, 4.69) is 4.98 Å². The van der Waals surface area contributed by atoms with Crippen molar-refractivity contribution in [2.24, 2.45) is 5.92 Å². The highest BCUT2D eigenvalue weighted by molar-refractivity contribution is 6.07. The van der Waals surface area contributed by atoms with Gasteiger partial charge in [-0.05, 0) is 37.3 Å². The fourth-order valence-electron chi connectivity index (χ4n) is 4.07. The highest BCUT2D eigenvalue weighted by Gasteiger charge is 2.57. The van der Waals surface area contributed by atoms with Crippen LogP contribution in [0.3, 0.4) is 0 Å². The zero-order valence-electron chi connectivity index (χ0n) is 16.5. The molecular formula is C20H28N4O4. The number of nitrogens with zero attached hydrogens (tertiary/aromatic N) is 4. The average Bonchev–Trinajstić information content (AvgIpc) is 2.88. The van der Waals surface area contributed by atoms with E-state index >= 15 is 0 Å². The maximum Gasteiger partial charge on any atom is 0.327 e. The van der Waals surface area contributed by atoms with Gasteiger partial charge in [-0.1, -0.05) is 13.8 Å². The van der Waals surface area contributed by atoms with Crippen molar-refractivity contribution in [2.75, 3.05) is 32.8 Å². The summed E-state index contributed by atoms with van der Waals surface area (Å²) >= 11 is 0. The number of piperidine rings is 1. The van der Waals surface area contributed by atoms with Crippen LogP contribution in [0.15, 0.2) is 24.5 Å². The topological polar surface area (TPSA) is 94.0 Å². The van der Waals surface area contributed by atoms with E-state index in [0.717, 1.165) is 0 Å². The minimum atomic E-state index is -0.883. The fraction of sp³-hybridized carbons (Fsp3) is 0.600. The summed E-state index contributed by atoms with van der Waals surface area (Å²) in [5.41, 5.74) is -0.311. The van der Waals surface area contributed by atoms with Gasteiger partial charge in [0, 0.05) is 50.7 Å². The molecule has 1 N–H and O–H groups in total. The Kier molecular flexibility index (Phi) is 5.98. The second-order valence-corrected chi connectivity index (χ2v) is 7.88. The number of rotatable bonds is 6. The van der Waals surface area contributed by atoms with Gasteiger partial charge in [-0.25, -0.2) is 4.79 Å². The molecule has 152 valence electrons. The largest absolute Gasteiger partial charge is 0.396 e. The summed E-state index contributed by atoms with van der Waals surface area (Å²) in [6, 6.07) is 3.08. The number of pyridine rings is 1. The van der Waals surface area contributed by atoms with Gasteiger partial charge in [-0.15, -0.1) is 0 Å². The molecule has 8 nitrogen and oxygen atoms in total. The SMILES string of the molecule is CC(C)CN1C(=O)N(CCCO)C(=O)C12CCN(C(=O)c1ccncc1)CC2. The van der Waals surface area contributed by atoms with E-state index in [1.54, 1.807) is 34.3 Å². The minimum absolute atomic E-state index is 0.0670. The third kappa shape index (κ3) is 3.61. The van der Waals surface area contributed by atoms with Gasteiger partial charge in [0.15, 0.2) is 0 Å². The van der Waals surface area contributed by atoms with Crippen LogP contribution in [-0.2, 0) is 4.79 Å². The Hall–Kier alpha value is -2.48. The van der Waals surface area contributed by atoms with Crippen molar-refractivity contribution in [3.05, 3.63) is 30.1 Å². The van der Waals surface area contributed by atoms with Crippen LogP contribution in [0, 0.1) is 5.92 Å². The Bertz CT molecular complexity index is 729. The summed E-state index contributed by atoms with van der Waals surface area (Å²) in [6.07, 6.45) is 4.39. The third-order valence-electron chi connectivity index (χ3n) is 5.51. The van der Waals surface area contributed by atoms with E-state index in [0.29, 0.717) is 44.5 Å². The monoisotopic (exact) mass is 388 g/mol. The molecule has 0 aromatic carbocycles. The first-order chi connectivity index (χ1) is 13.4. The van der Waals surface area contributed by atoms with Crippen molar-refractivity contribution in [1.82, 2.24) is 19.7 Å². The lowest BCUT2D eigenvalue weighted by Crippen LogP contribution is -2.58. The predicted molar refractivity (Wildman–Crippen MR) is 102 cm³/mol. The Labute approximate surface area is 165 Å². The molecule has 1 spiro atoms. The summed E-state index contributed by atoms with van der Waals surface area (Å²) in [5.74, 6) is -0.0490. The van der Waals surface area contributed by atoms with Crippen LogP contribution in [-0.4, -0.2) is 81.0 Å². The quantitative estimate of drug-likeness (QED) is 0.743. The lowest BCUT2D eigenvalue weighted by atomic mass is 9.85. The average molecular weight is 388 g/mol. The number of carbonyl (C=O) groups is 3. The van der Waals surface area contributed by atoms with Gasteiger partial charge in [-0.2, -0.15) is 0 Å². The maximum absolute atomic E-state index is 13.2. The first-order valence-electron chi connectivity index (χ1n) is 9.84. The van der Waals surface area contributed by atoms with E-state index < -0.39 is 5.54 Å². The molecule has 1 aromatic rings. The summed E-state index contributed by atoms with van der Waals surface area (Å²) in [5, 5.41) is 9.10. The molecule has 2 saturated heterocycles. The van der Waals surface area contributed by atoms with Crippen LogP contribution in [0.25, 0.3) is 0 Å². The maximum atomic E-state index is 13.2. The Morgan fingerprint density at radius 1 is 1.21 bits per heavy atom. The number of aromatic nitrogens is 1. The van der Waals surface area contributed by atoms with Gasteiger partial charge < -0.3 is 14.9 Å². The van der Waals surface area contributed by atoms with Crippen molar-refractivity contribution in [3.8, 4) is 0 Å². The van der Waals surface area contributed by atoms with Gasteiger partial charge in [-0.3, -0.25) is 19.5 Å². The molecule has 0 unspecified atom stereocenters. The molecule has 0 atom stereocenters. The Balaban J connectivity index is 1.78. The summed E-state index contributed by atoms with van der Waals surface area (Å²) in [4.78, 5) is 47.5. The number of carbonyl (C=O) groups excluding carboxylic acids is 3. The van der Waals surface area contributed by atoms with E-state index in [-0.39, 0.29) is 36.9 Å². The molecule has 0 bridgehead atoms. The number of likely N-dealkylation sites (tertiary alicyclic amines) is 1. The number of aliphatic hydroxyl groups excluding tert-OH is 1. The summed E-state index contributed by atoms with van der Waals surface area (Å²) in [6.45, 7) is 5.53. The van der Waals surface area contributed by atoms with E-state index in [4.69, 9.17) is 5.11 Å². The molecule has 0 aliphatic carbocycles. The van der Waals surface area contributed by atoms with Crippen molar-refractivity contribution in [3.63, 3.8) is 0 Å². The molecule has 28 heavy (non-hydrogen) atoms. The summed E-state index contributed by atoms with van der Waals surface area (Å²) < 4.78 is 0. The first kappa shape index (κ1) is 20.3. The molecule has 2 fully saturated rings. The van der Waals surface area contributed by atoms with Crippen LogP contribution in [0.1, 0.15) is 43.5 Å². The molecule has 2 aliphatic heterocycles. The van der Waals surface area contributed by atoms with Crippen LogP contribution >= 0.6 is 0 Å². The molecule has 3 rings (SSSR count). The van der Waals surface area contributed by atoms with Gasteiger partial charge in [0.1, 0.15) is 5.54 Å². The Morgan fingerprint density at radius 2 is 1.86 bits per heavy atom. The summed E-state index contributed by atoms with van der Waals surface area (Å²) in [7, 11) is 0. The Morgan fingerprint density at radius 3 is 2.43 bits per heavy atom. The van der Waals surface area contributed by atoms with Crippen molar-refractivity contribution in [2.45, 2.75) is 38.6 Å². The zero-order valence-corrected chi connectivity index (χ0v) is 16.5. The van der Waals surface area contributed by atoms with Gasteiger partial charge in [0.25, 0.3) is 11.8 Å². The molecule has 0 radical (unpaired) electrons. The first-order valence-corrected chi connectivity index (χ1v) is 9.84. The molecule has 3 heterocycles. The number of amides is 4. The highest BCUT2D eigenvalue weighted by atomic mass is 16.3. The lowest BCUT2D eigenvalue weighted by Gasteiger charge is -2.42. The second kappa shape index (κ2) is 8.26. The van der Waals surface area contributed by atoms with Crippen molar-refractivity contribution >= 4 is 17.8 Å². The van der Waals surface area contributed by atoms with Crippen molar-refractivity contribution < 1.29 is 19.5 Å². The standard InChI is InChI=1S/C20H28N4O4/c1-15(2)14-24-19(28)23(10-3-13-25)18(27)20(24)6-11-22(12-7-20)17(26)16-4-8-21-9-5-16/h4-5,8-9,15,25H,3,6-7,10-14H2,1-2H3. The number of aliphatic hydroxyl groups is 1. The van der Waals surface area contributed by atoms with Crippen LogP contribution in [0.4, 0.5) is 4.79 Å². The number of hydrogen-bond donors (Lipinski definition) is 1. The third-order valence-corrected chi connectivity index (χ3v) is 5.51. The van der Waals surface area contributed by atoms with E-state index in [1.807, 2.05) is 13.8 Å². The molecule has 2 aliphatic rings. The zero-order chi connectivity index (χ0) is 20.3. The normalized spacial score (nSPS) is 19.2. The number of urea groups is 1. The lowest BCUT2D eigenvalue weighted by molar-refractivity contribution is -0.135. The van der Waals surface area contributed by atoms with Gasteiger partial charge in [0.2, 0.25) is 0 Å². The second-order valence-electron chi connectivity index (χ2n) is 7.88. The number of imide groups is 1. The molecule has 4 amide bonds. The van der Waals surface area contributed by atoms with Crippen LogP contribution in [0.5, 0.6) is 0 Å². The van der Waals surface area contributed by atoms with Gasteiger partial charge >= 0.3 is 6.03 Å². The molecular weight excluding hydrogens is 360 g/mol. The molecule has 0 saturated carbocycles. The minimum Gasteiger partial charge on any atom is -0.396 e. The van der Waals surface area contributed by atoms with Crippen LogP contribution in [0.2, 0.25) is 0 Å².